The van der Waals surface area contributed by atoms with Crippen molar-refractivity contribution >= 4 is 23.3 Å². The van der Waals surface area contributed by atoms with Crippen LogP contribution in [-0.4, -0.2) is 70.5 Å². The Morgan fingerprint density at radius 3 is 2.55 bits per heavy atom. The smallest absolute Gasteiger partial charge is 0.351 e. The topological polar surface area (TPSA) is 180 Å². The third-order valence-corrected chi connectivity index (χ3v) is 7.97. The second-order valence-electron chi connectivity index (χ2n) is 6.99. The van der Waals surface area contributed by atoms with Crippen LogP contribution in [0.15, 0.2) is 17.1 Å². The van der Waals surface area contributed by atoms with Crippen molar-refractivity contribution < 1.29 is 37.0 Å². The Hall–Kier alpha value is -1.34. The maximum atomic E-state index is 12.2. The number of hydrogen-bond donors (Lipinski definition) is 3. The van der Waals surface area contributed by atoms with Gasteiger partial charge in [-0.15, -0.1) is 0 Å². The van der Waals surface area contributed by atoms with Gasteiger partial charge in [0, 0.05) is 13.3 Å². The predicted octanol–water partition coefficient (Wildman–Crippen LogP) is -0.528. The highest BCUT2D eigenvalue weighted by Crippen LogP contribution is 2.38. The molecule has 0 bridgehead atoms. The number of aromatic nitrogens is 2. The molecular weight excluding hydrogens is 429 g/mol. The van der Waals surface area contributed by atoms with E-state index in [-0.39, 0.29) is 18.3 Å². The minimum Gasteiger partial charge on any atom is -0.383 e. The first-order valence-corrected chi connectivity index (χ1v) is 12.4. The van der Waals surface area contributed by atoms with Gasteiger partial charge in [0.05, 0.1) is 18.0 Å². The van der Waals surface area contributed by atoms with E-state index in [0.29, 0.717) is 0 Å². The highest BCUT2D eigenvalue weighted by atomic mass is 32.2. The SMILES string of the molecule is CO[C@@H]1[C@H](OC(C)C)[C@@H](CCS(=O)(=O)CP(=O)(O)O)O[C@H]1n1ccc(N)nc1=O. The molecule has 0 aromatic carbocycles. The first kappa shape index (κ1) is 23.9. The van der Waals surface area contributed by atoms with Gasteiger partial charge in [-0.1, -0.05) is 0 Å². The number of hydrogen-bond acceptors (Lipinski definition) is 9. The average molecular weight is 455 g/mol. The molecule has 29 heavy (non-hydrogen) atoms. The van der Waals surface area contributed by atoms with Crippen LogP contribution >= 0.6 is 7.60 Å². The summed E-state index contributed by atoms with van der Waals surface area (Å²) in [6.45, 7) is 3.55. The number of anilines is 1. The van der Waals surface area contributed by atoms with Crippen molar-refractivity contribution in [1.29, 1.82) is 0 Å². The molecule has 0 radical (unpaired) electrons. The lowest BCUT2D eigenvalue weighted by atomic mass is 10.1. The van der Waals surface area contributed by atoms with Gasteiger partial charge in [0.25, 0.3) is 0 Å². The van der Waals surface area contributed by atoms with Gasteiger partial charge in [0.1, 0.15) is 18.0 Å². The molecule has 4 N–H and O–H groups in total. The van der Waals surface area contributed by atoms with E-state index in [9.17, 15) is 17.8 Å². The second-order valence-corrected chi connectivity index (χ2v) is 11.2. The van der Waals surface area contributed by atoms with Crippen LogP contribution in [0.3, 0.4) is 0 Å². The van der Waals surface area contributed by atoms with Crippen molar-refractivity contribution in [2.75, 3.05) is 24.1 Å². The molecule has 1 aliphatic heterocycles. The van der Waals surface area contributed by atoms with Crippen molar-refractivity contribution in [2.24, 2.45) is 0 Å². The first-order chi connectivity index (χ1) is 13.3. The Morgan fingerprint density at radius 2 is 2.03 bits per heavy atom. The largest absolute Gasteiger partial charge is 0.383 e. The number of nitrogen functional groups attached to an aromatic ring is 1. The van der Waals surface area contributed by atoms with E-state index in [1.807, 2.05) is 0 Å². The highest BCUT2D eigenvalue weighted by Gasteiger charge is 2.47. The highest BCUT2D eigenvalue weighted by molar-refractivity contribution is 7.97. The van der Waals surface area contributed by atoms with E-state index in [4.69, 9.17) is 29.7 Å². The lowest BCUT2D eigenvalue weighted by Gasteiger charge is -2.25. The maximum absolute atomic E-state index is 12.2. The minimum atomic E-state index is -4.73. The molecule has 0 amide bonds. The van der Waals surface area contributed by atoms with Crippen molar-refractivity contribution in [1.82, 2.24) is 9.55 Å². The van der Waals surface area contributed by atoms with Crippen LogP contribution in [0.4, 0.5) is 5.82 Å². The zero-order valence-electron chi connectivity index (χ0n) is 16.2. The fourth-order valence-electron chi connectivity index (χ4n) is 3.13. The standard InChI is InChI=1S/C15H26N3O9PS/c1-9(2)26-12-10(5-7-29(23,24)8-28(20,21)22)27-14(13(12)25-3)18-6-4-11(16)17-15(18)19/h4,6,9-10,12-14H,5,7-8H2,1-3H3,(H2,16,17,19)(H2,20,21,22)/t10-,12-,13-,14-/m1/s1. The Balaban J connectivity index is 2.27. The third-order valence-electron chi connectivity index (χ3n) is 4.19. The third kappa shape index (κ3) is 6.57. The Labute approximate surface area is 168 Å². The van der Waals surface area contributed by atoms with Gasteiger partial charge < -0.3 is 29.7 Å². The molecule has 0 aliphatic carbocycles. The summed E-state index contributed by atoms with van der Waals surface area (Å²) in [6.07, 6.45) is -2.19. The molecule has 1 aliphatic rings. The number of ether oxygens (including phenoxy) is 3. The molecule has 0 unspecified atom stereocenters. The molecule has 0 saturated carbocycles. The fraction of sp³-hybridized carbons (Fsp3) is 0.733. The summed E-state index contributed by atoms with van der Waals surface area (Å²) >= 11 is 0. The van der Waals surface area contributed by atoms with Gasteiger partial charge in [-0.05, 0) is 26.3 Å². The van der Waals surface area contributed by atoms with E-state index in [0.717, 1.165) is 0 Å². The van der Waals surface area contributed by atoms with Gasteiger partial charge in [-0.3, -0.25) is 9.13 Å². The van der Waals surface area contributed by atoms with Crippen molar-refractivity contribution in [2.45, 2.75) is 50.9 Å². The second kappa shape index (κ2) is 9.21. The summed E-state index contributed by atoms with van der Waals surface area (Å²) in [5.41, 5.74) is 3.59. The van der Waals surface area contributed by atoms with Crippen molar-refractivity contribution in [3.05, 3.63) is 22.7 Å². The van der Waals surface area contributed by atoms with Crippen LogP contribution in [0.2, 0.25) is 0 Å². The number of nitrogens with zero attached hydrogens (tertiary/aromatic N) is 2. The van der Waals surface area contributed by atoms with Gasteiger partial charge in [0.15, 0.2) is 21.6 Å². The molecule has 4 atom stereocenters. The summed E-state index contributed by atoms with van der Waals surface area (Å²) in [7, 11) is -7.36. The predicted molar refractivity (Wildman–Crippen MR) is 103 cm³/mol. The molecule has 0 spiro atoms. The first-order valence-electron chi connectivity index (χ1n) is 8.76. The summed E-state index contributed by atoms with van der Waals surface area (Å²) < 4.78 is 53.5. The summed E-state index contributed by atoms with van der Waals surface area (Å²) in [4.78, 5) is 33.7. The molecule has 1 aromatic heterocycles. The zero-order valence-corrected chi connectivity index (χ0v) is 18.0. The molecule has 12 nitrogen and oxygen atoms in total. The molecule has 1 fully saturated rings. The van der Waals surface area contributed by atoms with E-state index in [1.165, 1.54) is 23.9 Å². The van der Waals surface area contributed by atoms with E-state index in [1.54, 1.807) is 13.8 Å². The molecule has 1 aromatic rings. The van der Waals surface area contributed by atoms with Crippen LogP contribution in [0, 0.1) is 0 Å². The number of rotatable bonds is 9. The fourth-order valence-corrected chi connectivity index (χ4v) is 6.29. The molecular formula is C15H26N3O9PS. The van der Waals surface area contributed by atoms with Gasteiger partial charge >= 0.3 is 13.3 Å². The Morgan fingerprint density at radius 1 is 1.38 bits per heavy atom. The zero-order chi connectivity index (χ0) is 22.0. The quantitative estimate of drug-likeness (QED) is 0.407. The number of methoxy groups -OCH3 is 1. The van der Waals surface area contributed by atoms with E-state index in [2.05, 4.69) is 4.98 Å². The molecule has 2 heterocycles. The van der Waals surface area contributed by atoms with Gasteiger partial charge in [0.2, 0.25) is 0 Å². The van der Waals surface area contributed by atoms with Crippen LogP contribution in [0.5, 0.6) is 0 Å². The normalized spacial score (nSPS) is 25.6. The van der Waals surface area contributed by atoms with Gasteiger partial charge in [-0.2, -0.15) is 4.98 Å². The monoisotopic (exact) mass is 455 g/mol. The van der Waals surface area contributed by atoms with E-state index >= 15 is 0 Å². The summed E-state index contributed by atoms with van der Waals surface area (Å²) in [6, 6.07) is 1.41. The average Bonchev–Trinajstić information content (AvgIpc) is 2.87. The Kier molecular flexibility index (Phi) is 7.60. The van der Waals surface area contributed by atoms with Crippen molar-refractivity contribution in [3.63, 3.8) is 0 Å². The van der Waals surface area contributed by atoms with Crippen LogP contribution in [-0.2, 0) is 28.6 Å². The van der Waals surface area contributed by atoms with Crippen molar-refractivity contribution in [3.8, 4) is 0 Å². The molecule has 1 saturated heterocycles. The Bertz CT molecular complexity index is 914. The summed E-state index contributed by atoms with van der Waals surface area (Å²) in [5.74, 6) is -0.494. The van der Waals surface area contributed by atoms with Crippen LogP contribution in [0.1, 0.15) is 26.5 Å². The number of nitrogens with two attached hydrogens (primary N) is 1. The van der Waals surface area contributed by atoms with Crippen LogP contribution in [0.25, 0.3) is 0 Å². The van der Waals surface area contributed by atoms with Crippen LogP contribution < -0.4 is 11.4 Å². The maximum Gasteiger partial charge on any atom is 0.351 e. The molecule has 2 rings (SSSR count). The number of sulfone groups is 1. The molecule has 14 heteroatoms. The lowest BCUT2D eigenvalue weighted by Crippen LogP contribution is -2.40. The van der Waals surface area contributed by atoms with Gasteiger partial charge in [-0.25, -0.2) is 13.2 Å². The lowest BCUT2D eigenvalue weighted by molar-refractivity contribution is -0.0791. The summed E-state index contributed by atoms with van der Waals surface area (Å²) in [5, 5.41) is 0. The minimum absolute atomic E-state index is 0.0354. The molecule has 166 valence electrons. The van der Waals surface area contributed by atoms with E-state index < -0.39 is 58.9 Å².